The zero-order valence-corrected chi connectivity index (χ0v) is 11.3. The summed E-state index contributed by atoms with van der Waals surface area (Å²) in [5, 5.41) is 9.75. The van der Waals surface area contributed by atoms with Gasteiger partial charge in [-0.05, 0) is 17.9 Å². The molecule has 0 fully saturated rings. The first-order chi connectivity index (χ1) is 7.71. The number of sulfonamides is 1. The van der Waals surface area contributed by atoms with E-state index in [4.69, 9.17) is 0 Å². The third-order valence-corrected chi connectivity index (χ3v) is 3.62. The lowest BCUT2D eigenvalue weighted by molar-refractivity contribution is 0.125. The van der Waals surface area contributed by atoms with E-state index < -0.39 is 16.1 Å². The smallest absolute Gasteiger partial charge is 0.257 e. The Morgan fingerprint density at radius 1 is 1.53 bits per heavy atom. The van der Waals surface area contributed by atoms with Gasteiger partial charge in [0.25, 0.3) is 10.0 Å². The van der Waals surface area contributed by atoms with Gasteiger partial charge in [0, 0.05) is 19.2 Å². The highest BCUT2D eigenvalue weighted by molar-refractivity contribution is 7.93. The number of aliphatic imine (C=N–C) groups is 1. The normalized spacial score (nSPS) is 18.2. The maximum atomic E-state index is 11.7. The Labute approximate surface area is 103 Å². The van der Waals surface area contributed by atoms with Gasteiger partial charge < -0.3 is 5.11 Å². The monoisotopic (exact) mass is 260 g/mol. The highest BCUT2D eigenvalue weighted by Crippen LogP contribution is 2.20. The lowest BCUT2D eigenvalue weighted by Crippen LogP contribution is -2.34. The number of hydrogen-bond acceptors (Lipinski definition) is 4. The van der Waals surface area contributed by atoms with Crippen LogP contribution in [0.1, 0.15) is 33.6 Å². The topological polar surface area (TPSA) is 78.8 Å². The summed E-state index contributed by atoms with van der Waals surface area (Å²) in [7, 11) is -3.56. The summed E-state index contributed by atoms with van der Waals surface area (Å²) in [6.45, 7) is 6.00. The predicted molar refractivity (Wildman–Crippen MR) is 68.2 cm³/mol. The van der Waals surface area contributed by atoms with Crippen LogP contribution < -0.4 is 4.72 Å². The van der Waals surface area contributed by atoms with Gasteiger partial charge in [-0.3, -0.25) is 0 Å². The van der Waals surface area contributed by atoms with Crippen molar-refractivity contribution >= 4 is 16.2 Å². The van der Waals surface area contributed by atoms with Crippen molar-refractivity contribution in [1.29, 1.82) is 0 Å². The fraction of sp³-hybridized carbons (Fsp3) is 0.727. The van der Waals surface area contributed by atoms with E-state index in [0.717, 1.165) is 0 Å². The second kappa shape index (κ2) is 5.29. The fourth-order valence-electron chi connectivity index (χ4n) is 1.59. The molecule has 1 aliphatic rings. The van der Waals surface area contributed by atoms with Crippen LogP contribution in [0.25, 0.3) is 0 Å². The lowest BCUT2D eigenvalue weighted by Gasteiger charge is -2.22. The molecule has 0 aliphatic carbocycles. The molecule has 0 spiro atoms. The minimum Gasteiger partial charge on any atom is -0.392 e. The summed E-state index contributed by atoms with van der Waals surface area (Å²) in [5.74, 6) is 0. The number of rotatable bonds is 5. The van der Waals surface area contributed by atoms with Crippen LogP contribution in [0.3, 0.4) is 0 Å². The molecule has 1 atom stereocenters. The second-order valence-corrected chi connectivity index (χ2v) is 7.07. The van der Waals surface area contributed by atoms with Crippen molar-refractivity contribution in [3.63, 3.8) is 0 Å². The van der Waals surface area contributed by atoms with Crippen LogP contribution in [0.5, 0.6) is 0 Å². The van der Waals surface area contributed by atoms with E-state index in [9.17, 15) is 13.5 Å². The second-order valence-electron chi connectivity index (χ2n) is 5.36. The van der Waals surface area contributed by atoms with Crippen LogP contribution in [0, 0.1) is 5.41 Å². The van der Waals surface area contributed by atoms with E-state index in [2.05, 4.69) is 9.71 Å². The van der Waals surface area contributed by atoms with Crippen molar-refractivity contribution in [1.82, 2.24) is 4.72 Å². The average molecular weight is 260 g/mol. The van der Waals surface area contributed by atoms with Crippen LogP contribution in [-0.2, 0) is 10.0 Å². The van der Waals surface area contributed by atoms with Gasteiger partial charge in [-0.15, -0.1) is 0 Å². The van der Waals surface area contributed by atoms with Crippen molar-refractivity contribution in [2.75, 3.05) is 6.54 Å². The SMILES string of the molecule is CC(C)(C)CC(O)CNS(=O)(=O)C1=CCC=N1. The highest BCUT2D eigenvalue weighted by atomic mass is 32.2. The third-order valence-electron chi connectivity index (χ3n) is 2.25. The Morgan fingerprint density at radius 2 is 2.18 bits per heavy atom. The van der Waals surface area contributed by atoms with Gasteiger partial charge in [0.1, 0.15) is 0 Å². The first-order valence-electron chi connectivity index (χ1n) is 5.61. The molecule has 98 valence electrons. The van der Waals surface area contributed by atoms with Crippen LogP contribution in [0.15, 0.2) is 16.1 Å². The van der Waals surface area contributed by atoms with Crippen molar-refractivity contribution < 1.29 is 13.5 Å². The summed E-state index contributed by atoms with van der Waals surface area (Å²) in [6.07, 6.45) is 3.48. The van der Waals surface area contributed by atoms with Crippen molar-refractivity contribution in [3.05, 3.63) is 11.1 Å². The predicted octanol–water partition coefficient (Wildman–Crippen LogP) is 1.02. The molecule has 0 aromatic rings. The number of aliphatic hydroxyl groups is 1. The van der Waals surface area contributed by atoms with Crippen LogP contribution in [0.2, 0.25) is 0 Å². The number of allylic oxidation sites excluding steroid dienone is 1. The summed E-state index contributed by atoms with van der Waals surface area (Å²) in [6, 6.07) is 0. The first kappa shape index (κ1) is 14.3. The van der Waals surface area contributed by atoms with E-state index in [1.807, 2.05) is 20.8 Å². The molecular weight excluding hydrogens is 240 g/mol. The molecule has 1 aliphatic heterocycles. The van der Waals surface area contributed by atoms with Gasteiger partial charge in [0.05, 0.1) is 6.10 Å². The zero-order valence-electron chi connectivity index (χ0n) is 10.5. The van der Waals surface area contributed by atoms with Gasteiger partial charge in [-0.2, -0.15) is 0 Å². The van der Waals surface area contributed by atoms with Crippen LogP contribution in [0.4, 0.5) is 0 Å². The van der Waals surface area contributed by atoms with Crippen molar-refractivity contribution in [2.45, 2.75) is 39.7 Å². The maximum absolute atomic E-state index is 11.7. The molecule has 1 rings (SSSR count). The molecule has 0 aromatic heterocycles. The summed E-state index contributed by atoms with van der Waals surface area (Å²) < 4.78 is 25.8. The van der Waals surface area contributed by atoms with E-state index in [1.54, 1.807) is 12.3 Å². The molecule has 0 amide bonds. The highest BCUT2D eigenvalue weighted by Gasteiger charge is 2.22. The zero-order chi connectivity index (χ0) is 13.1. The molecule has 0 saturated heterocycles. The molecule has 0 bridgehead atoms. The molecule has 1 heterocycles. The average Bonchev–Trinajstić information content (AvgIpc) is 2.65. The fourth-order valence-corrected chi connectivity index (χ4v) is 2.68. The number of aliphatic hydroxyl groups excluding tert-OH is 1. The largest absolute Gasteiger partial charge is 0.392 e. The molecule has 0 radical (unpaired) electrons. The van der Waals surface area contributed by atoms with Gasteiger partial charge in [0.15, 0.2) is 5.03 Å². The van der Waals surface area contributed by atoms with Gasteiger partial charge >= 0.3 is 0 Å². The quantitative estimate of drug-likeness (QED) is 0.774. The van der Waals surface area contributed by atoms with Crippen LogP contribution >= 0.6 is 0 Å². The van der Waals surface area contributed by atoms with E-state index in [0.29, 0.717) is 12.8 Å². The molecular formula is C11H20N2O3S. The number of nitrogens with one attached hydrogen (secondary N) is 1. The first-order valence-corrected chi connectivity index (χ1v) is 7.09. The minimum atomic E-state index is -3.56. The Hall–Kier alpha value is -0.720. The molecule has 6 heteroatoms. The van der Waals surface area contributed by atoms with Crippen LogP contribution in [-0.4, -0.2) is 32.4 Å². The molecule has 17 heavy (non-hydrogen) atoms. The Kier molecular flexibility index (Phi) is 4.46. The van der Waals surface area contributed by atoms with Crippen molar-refractivity contribution in [3.8, 4) is 0 Å². The van der Waals surface area contributed by atoms with E-state index in [-0.39, 0.29) is 17.0 Å². The standard InChI is InChI=1S/C11H20N2O3S/c1-11(2,3)7-9(14)8-13-17(15,16)10-5-4-6-12-10/h5-6,9,13-14H,4,7-8H2,1-3H3. The molecule has 5 nitrogen and oxygen atoms in total. The minimum absolute atomic E-state index is 0.0203. The molecule has 0 aromatic carbocycles. The third kappa shape index (κ3) is 4.97. The number of nitrogens with zero attached hydrogens (tertiary/aromatic N) is 1. The molecule has 0 saturated carbocycles. The van der Waals surface area contributed by atoms with Gasteiger partial charge in [-0.1, -0.05) is 20.8 Å². The summed E-state index contributed by atoms with van der Waals surface area (Å²) >= 11 is 0. The van der Waals surface area contributed by atoms with Gasteiger partial charge in [0.2, 0.25) is 0 Å². The Bertz CT molecular complexity index is 418. The van der Waals surface area contributed by atoms with Crippen molar-refractivity contribution in [2.24, 2.45) is 10.4 Å². The summed E-state index contributed by atoms with van der Waals surface area (Å²) in [5.41, 5.74) is -0.0321. The molecule has 1 unspecified atom stereocenters. The van der Waals surface area contributed by atoms with E-state index >= 15 is 0 Å². The van der Waals surface area contributed by atoms with E-state index in [1.165, 1.54) is 0 Å². The Morgan fingerprint density at radius 3 is 2.65 bits per heavy atom. The Balaban J connectivity index is 2.48. The molecule has 2 N–H and O–H groups in total. The maximum Gasteiger partial charge on any atom is 0.257 e. The summed E-state index contributed by atoms with van der Waals surface area (Å²) in [4.78, 5) is 3.76. The van der Waals surface area contributed by atoms with Gasteiger partial charge in [-0.25, -0.2) is 18.1 Å². The lowest BCUT2D eigenvalue weighted by atomic mass is 9.89. The number of hydrogen-bond donors (Lipinski definition) is 2.